The largest absolute Gasteiger partial charge is 0.426 e. The maximum absolute atomic E-state index is 7.57. The molecule has 0 bridgehead atoms. The Morgan fingerprint density at radius 3 is 1.94 bits per heavy atom. The van der Waals surface area contributed by atoms with E-state index >= 15 is 0 Å². The number of nitrogens with one attached hydrogen (secondary N) is 4. The molecule has 31 heavy (non-hydrogen) atoms. The van der Waals surface area contributed by atoms with E-state index in [4.69, 9.17) is 27.0 Å². The Balaban J connectivity index is 1.38. The number of aromatic nitrogens is 4. The first-order chi connectivity index (χ1) is 15.0. The van der Waals surface area contributed by atoms with Gasteiger partial charge in [0, 0.05) is 16.7 Å². The number of hydrogen-bond acceptors (Lipinski definition) is 5. The van der Waals surface area contributed by atoms with Crippen LogP contribution < -0.4 is 16.2 Å². The Morgan fingerprint density at radius 2 is 1.32 bits per heavy atom. The summed E-state index contributed by atoms with van der Waals surface area (Å²) >= 11 is 0. The molecule has 2 aromatic heterocycles. The zero-order valence-electron chi connectivity index (χ0n) is 16.2. The smallest absolute Gasteiger partial charge is 0.300 e. The quantitative estimate of drug-likeness (QED) is 0.192. The SMILES string of the molecule is N=C(N)c1ccc2nc(Oc3ccc(-c4nc5ccc(C(=N)N)cc5[nH]4)cc3)[nH]c2c1. The lowest BCUT2D eigenvalue weighted by molar-refractivity contribution is 0.449. The molecule has 9 nitrogen and oxygen atoms in total. The molecule has 0 fully saturated rings. The number of aromatic amines is 2. The van der Waals surface area contributed by atoms with E-state index in [0.29, 0.717) is 28.7 Å². The van der Waals surface area contributed by atoms with E-state index in [1.54, 1.807) is 24.3 Å². The molecule has 0 atom stereocenters. The van der Waals surface area contributed by atoms with Gasteiger partial charge in [-0.15, -0.1) is 0 Å². The van der Waals surface area contributed by atoms with Crippen molar-refractivity contribution in [2.75, 3.05) is 0 Å². The number of ether oxygens (including phenoxy) is 1. The third-order valence-electron chi connectivity index (χ3n) is 4.91. The molecule has 5 aromatic rings. The van der Waals surface area contributed by atoms with Crippen molar-refractivity contribution in [1.82, 2.24) is 19.9 Å². The van der Waals surface area contributed by atoms with Crippen molar-refractivity contribution in [3.63, 3.8) is 0 Å². The van der Waals surface area contributed by atoms with Gasteiger partial charge in [-0.1, -0.05) is 0 Å². The molecule has 8 N–H and O–H groups in total. The molecule has 9 heteroatoms. The molecule has 0 unspecified atom stereocenters. The van der Waals surface area contributed by atoms with Gasteiger partial charge in [-0.25, -0.2) is 4.98 Å². The van der Waals surface area contributed by atoms with Gasteiger partial charge in [0.15, 0.2) is 0 Å². The van der Waals surface area contributed by atoms with E-state index < -0.39 is 0 Å². The number of nitrogens with zero attached hydrogens (tertiary/aromatic N) is 2. The summed E-state index contributed by atoms with van der Waals surface area (Å²) in [7, 11) is 0. The maximum atomic E-state index is 7.57. The summed E-state index contributed by atoms with van der Waals surface area (Å²) < 4.78 is 5.84. The number of rotatable bonds is 5. The molecule has 152 valence electrons. The summed E-state index contributed by atoms with van der Waals surface area (Å²) in [6, 6.07) is 18.5. The van der Waals surface area contributed by atoms with Gasteiger partial charge in [-0.3, -0.25) is 10.8 Å². The Labute approximate surface area is 176 Å². The van der Waals surface area contributed by atoms with Crippen LogP contribution in [0.2, 0.25) is 0 Å². The average Bonchev–Trinajstić information content (AvgIpc) is 3.36. The molecule has 0 saturated carbocycles. The molecule has 3 aromatic carbocycles. The number of nitrogen functional groups attached to an aromatic ring is 2. The van der Waals surface area contributed by atoms with Gasteiger partial charge in [0.2, 0.25) is 0 Å². The normalized spacial score (nSPS) is 11.1. The molecular formula is C22H18N8O. The van der Waals surface area contributed by atoms with E-state index in [9.17, 15) is 0 Å². The predicted molar refractivity (Wildman–Crippen MR) is 120 cm³/mol. The molecule has 0 radical (unpaired) electrons. The summed E-state index contributed by atoms with van der Waals surface area (Å²) in [5.41, 5.74) is 16.3. The van der Waals surface area contributed by atoms with E-state index in [-0.39, 0.29) is 11.7 Å². The van der Waals surface area contributed by atoms with Crippen molar-refractivity contribution in [3.8, 4) is 23.1 Å². The van der Waals surface area contributed by atoms with Crippen LogP contribution in [0.3, 0.4) is 0 Å². The van der Waals surface area contributed by atoms with Gasteiger partial charge in [0.25, 0.3) is 6.01 Å². The van der Waals surface area contributed by atoms with Crippen LogP contribution in [0.25, 0.3) is 33.5 Å². The minimum absolute atomic E-state index is 0.00217. The van der Waals surface area contributed by atoms with Crippen molar-refractivity contribution in [1.29, 1.82) is 10.8 Å². The number of H-pyrrole nitrogens is 2. The number of amidine groups is 2. The van der Waals surface area contributed by atoms with Gasteiger partial charge >= 0.3 is 0 Å². The van der Waals surface area contributed by atoms with E-state index in [1.165, 1.54) is 0 Å². The van der Waals surface area contributed by atoms with Crippen molar-refractivity contribution in [3.05, 3.63) is 71.8 Å². The van der Waals surface area contributed by atoms with Gasteiger partial charge in [0.05, 0.1) is 22.1 Å². The van der Waals surface area contributed by atoms with Crippen LogP contribution >= 0.6 is 0 Å². The van der Waals surface area contributed by atoms with Crippen LogP contribution in [0.15, 0.2) is 60.7 Å². The maximum Gasteiger partial charge on any atom is 0.300 e. The monoisotopic (exact) mass is 410 g/mol. The van der Waals surface area contributed by atoms with Gasteiger partial charge in [0.1, 0.15) is 23.2 Å². The highest BCUT2D eigenvalue weighted by molar-refractivity contribution is 5.98. The first kappa shape index (κ1) is 18.4. The number of hydrogen-bond donors (Lipinski definition) is 6. The highest BCUT2D eigenvalue weighted by Gasteiger charge is 2.10. The van der Waals surface area contributed by atoms with E-state index in [1.807, 2.05) is 36.4 Å². The third-order valence-corrected chi connectivity index (χ3v) is 4.91. The molecule has 2 heterocycles. The van der Waals surface area contributed by atoms with Crippen LogP contribution in [0, 0.1) is 10.8 Å². The second-order valence-corrected chi connectivity index (χ2v) is 7.05. The van der Waals surface area contributed by atoms with Gasteiger partial charge < -0.3 is 26.2 Å². The van der Waals surface area contributed by atoms with Crippen molar-refractivity contribution in [2.24, 2.45) is 11.5 Å². The minimum Gasteiger partial charge on any atom is -0.426 e. The first-order valence-corrected chi connectivity index (χ1v) is 9.43. The molecule has 0 amide bonds. The Bertz CT molecular complexity index is 1460. The van der Waals surface area contributed by atoms with Crippen LogP contribution in [0.1, 0.15) is 11.1 Å². The van der Waals surface area contributed by atoms with E-state index in [0.717, 1.165) is 27.6 Å². The Kier molecular flexibility index (Phi) is 4.14. The predicted octanol–water partition coefficient (Wildman–Crippen LogP) is 3.47. The van der Waals surface area contributed by atoms with Crippen molar-refractivity contribution < 1.29 is 4.74 Å². The first-order valence-electron chi connectivity index (χ1n) is 9.43. The van der Waals surface area contributed by atoms with Gasteiger partial charge in [-0.2, -0.15) is 4.98 Å². The molecule has 0 spiro atoms. The zero-order chi connectivity index (χ0) is 21.5. The second-order valence-electron chi connectivity index (χ2n) is 7.05. The average molecular weight is 410 g/mol. The number of nitrogens with two attached hydrogens (primary N) is 2. The zero-order valence-corrected chi connectivity index (χ0v) is 16.2. The number of fused-ring (bicyclic) bond motifs is 2. The fourth-order valence-electron chi connectivity index (χ4n) is 3.31. The third kappa shape index (κ3) is 3.44. The summed E-state index contributed by atoms with van der Waals surface area (Å²) in [5.74, 6) is 1.34. The van der Waals surface area contributed by atoms with Gasteiger partial charge in [-0.05, 0) is 60.7 Å². The summed E-state index contributed by atoms with van der Waals surface area (Å²) in [6.45, 7) is 0. The molecule has 5 rings (SSSR count). The van der Waals surface area contributed by atoms with E-state index in [2.05, 4.69) is 19.9 Å². The molecule has 0 aliphatic rings. The highest BCUT2D eigenvalue weighted by Crippen LogP contribution is 2.26. The van der Waals surface area contributed by atoms with Crippen LogP contribution in [0.4, 0.5) is 0 Å². The summed E-state index contributed by atoms with van der Waals surface area (Å²) in [4.78, 5) is 15.3. The molecular weight excluding hydrogens is 392 g/mol. The fourth-order valence-corrected chi connectivity index (χ4v) is 3.31. The lowest BCUT2D eigenvalue weighted by Crippen LogP contribution is -2.10. The summed E-state index contributed by atoms with van der Waals surface area (Å²) in [6.07, 6.45) is 0. The van der Waals surface area contributed by atoms with Crippen molar-refractivity contribution in [2.45, 2.75) is 0 Å². The summed E-state index contributed by atoms with van der Waals surface area (Å²) in [5, 5.41) is 15.1. The van der Waals surface area contributed by atoms with Crippen LogP contribution in [-0.2, 0) is 0 Å². The number of benzene rings is 3. The standard InChI is InChI=1S/C22H18N8O/c23-19(24)12-3-7-15-17(9-12)28-21(27-15)11-1-5-14(6-2-11)31-22-29-16-8-4-13(20(25)26)10-18(16)30-22/h1-10H,(H3,23,24)(H3,25,26)(H,27,28)(H,29,30). The topological polar surface area (TPSA) is 166 Å². The molecule has 0 aliphatic carbocycles. The Morgan fingerprint density at radius 1 is 0.742 bits per heavy atom. The fraction of sp³-hybridized carbons (Fsp3) is 0. The lowest BCUT2D eigenvalue weighted by atomic mass is 10.2. The van der Waals surface area contributed by atoms with Crippen LogP contribution in [0.5, 0.6) is 11.8 Å². The lowest BCUT2D eigenvalue weighted by Gasteiger charge is -2.02. The second kappa shape index (κ2) is 6.99. The number of imidazole rings is 2. The minimum atomic E-state index is -0.00217. The van der Waals surface area contributed by atoms with Crippen LogP contribution in [-0.4, -0.2) is 31.6 Å². The van der Waals surface area contributed by atoms with Crippen molar-refractivity contribution >= 4 is 33.7 Å². The molecule has 0 saturated heterocycles. The Hall–Kier alpha value is -4.66. The molecule has 0 aliphatic heterocycles. The highest BCUT2D eigenvalue weighted by atomic mass is 16.5.